The number of esters is 2. The van der Waals surface area contributed by atoms with Crippen LogP contribution in [-0.2, 0) is 9.53 Å². The van der Waals surface area contributed by atoms with Crippen LogP contribution in [0.2, 0.25) is 0 Å². The van der Waals surface area contributed by atoms with Crippen LogP contribution in [0, 0.1) is 11.6 Å². The molecule has 0 N–H and O–H groups in total. The van der Waals surface area contributed by atoms with Gasteiger partial charge in [-0.25, -0.2) is 18.4 Å². The molecular weight excluding hydrogens is 430 g/mol. The van der Waals surface area contributed by atoms with Gasteiger partial charge in [-0.05, 0) is 72.5 Å². The molecule has 0 amide bonds. The van der Waals surface area contributed by atoms with Crippen molar-refractivity contribution in [2.45, 2.75) is 12.8 Å². The summed E-state index contributed by atoms with van der Waals surface area (Å²) in [5.74, 6) is -1.90. The van der Waals surface area contributed by atoms with Gasteiger partial charge < -0.3 is 14.2 Å². The molecule has 0 atom stereocenters. The molecular formula is C26H22F2O5. The van der Waals surface area contributed by atoms with Crippen molar-refractivity contribution in [2.24, 2.45) is 0 Å². The Bertz CT molecular complexity index is 1110. The highest BCUT2D eigenvalue weighted by Crippen LogP contribution is 2.26. The van der Waals surface area contributed by atoms with Crippen LogP contribution >= 0.6 is 0 Å². The second kappa shape index (κ2) is 11.6. The molecule has 0 saturated carbocycles. The third kappa shape index (κ3) is 7.00. The predicted octanol–water partition coefficient (Wildman–Crippen LogP) is 5.74. The summed E-state index contributed by atoms with van der Waals surface area (Å²) in [6, 6.07) is 16.1. The molecule has 7 heteroatoms. The minimum Gasteiger partial charge on any atom is -0.494 e. The van der Waals surface area contributed by atoms with E-state index in [9.17, 15) is 18.4 Å². The van der Waals surface area contributed by atoms with E-state index >= 15 is 0 Å². The molecule has 3 rings (SSSR count). The molecule has 0 fully saturated rings. The van der Waals surface area contributed by atoms with Crippen LogP contribution in [0.15, 0.2) is 79.4 Å². The van der Waals surface area contributed by atoms with Gasteiger partial charge in [-0.3, -0.25) is 0 Å². The molecule has 0 aliphatic carbocycles. The van der Waals surface area contributed by atoms with E-state index in [1.807, 2.05) is 0 Å². The van der Waals surface area contributed by atoms with Crippen molar-refractivity contribution in [3.63, 3.8) is 0 Å². The number of ether oxygens (including phenoxy) is 3. The molecule has 0 aliphatic rings. The minimum atomic E-state index is -0.709. The fourth-order valence-corrected chi connectivity index (χ4v) is 2.88. The Hall–Kier alpha value is -4.00. The Morgan fingerprint density at radius 3 is 2.18 bits per heavy atom. The Balaban J connectivity index is 1.50. The molecule has 0 bridgehead atoms. The number of benzene rings is 3. The van der Waals surface area contributed by atoms with Crippen LogP contribution in [0.3, 0.4) is 0 Å². The molecule has 0 saturated heterocycles. The van der Waals surface area contributed by atoms with E-state index in [2.05, 4.69) is 6.58 Å². The molecule has 0 heterocycles. The molecule has 3 aromatic rings. The average molecular weight is 452 g/mol. The van der Waals surface area contributed by atoms with Gasteiger partial charge in [0.25, 0.3) is 0 Å². The summed E-state index contributed by atoms with van der Waals surface area (Å²) in [4.78, 5) is 23.3. The van der Waals surface area contributed by atoms with Crippen LogP contribution in [0.5, 0.6) is 11.5 Å². The second-order valence-electron chi connectivity index (χ2n) is 6.99. The first-order valence-corrected chi connectivity index (χ1v) is 10.3. The first kappa shape index (κ1) is 23.7. The van der Waals surface area contributed by atoms with Crippen molar-refractivity contribution >= 4 is 11.9 Å². The van der Waals surface area contributed by atoms with Gasteiger partial charge in [0.1, 0.15) is 11.6 Å². The van der Waals surface area contributed by atoms with Crippen LogP contribution < -0.4 is 9.47 Å². The highest BCUT2D eigenvalue weighted by Gasteiger charge is 2.13. The van der Waals surface area contributed by atoms with Gasteiger partial charge in [-0.1, -0.05) is 24.8 Å². The van der Waals surface area contributed by atoms with Crippen molar-refractivity contribution in [3.05, 3.63) is 96.6 Å². The van der Waals surface area contributed by atoms with Gasteiger partial charge in [0.15, 0.2) is 11.6 Å². The summed E-state index contributed by atoms with van der Waals surface area (Å²) in [6.07, 6.45) is 2.44. The maximum absolute atomic E-state index is 14.4. The van der Waals surface area contributed by atoms with Gasteiger partial charge in [-0.15, -0.1) is 0 Å². The van der Waals surface area contributed by atoms with Crippen molar-refractivity contribution in [1.29, 1.82) is 0 Å². The first-order valence-electron chi connectivity index (χ1n) is 10.3. The Kier molecular flexibility index (Phi) is 8.30. The van der Waals surface area contributed by atoms with Crippen molar-refractivity contribution < 1.29 is 32.6 Å². The molecule has 5 nitrogen and oxygen atoms in total. The van der Waals surface area contributed by atoms with E-state index in [1.54, 1.807) is 18.2 Å². The van der Waals surface area contributed by atoms with E-state index in [0.717, 1.165) is 6.08 Å². The number of carbonyl (C=O) groups is 2. The zero-order chi connectivity index (χ0) is 23.6. The van der Waals surface area contributed by atoms with Gasteiger partial charge in [0.05, 0.1) is 18.8 Å². The summed E-state index contributed by atoms with van der Waals surface area (Å²) < 4.78 is 43.1. The zero-order valence-electron chi connectivity index (χ0n) is 17.8. The van der Waals surface area contributed by atoms with Crippen molar-refractivity contribution in [1.82, 2.24) is 0 Å². The summed E-state index contributed by atoms with van der Waals surface area (Å²) in [6.45, 7) is 4.03. The quantitative estimate of drug-likeness (QED) is 0.170. The van der Waals surface area contributed by atoms with E-state index < -0.39 is 17.8 Å². The first-order chi connectivity index (χ1) is 16.0. The maximum Gasteiger partial charge on any atom is 0.343 e. The number of hydrogen-bond acceptors (Lipinski definition) is 5. The normalized spacial score (nSPS) is 10.4. The predicted molar refractivity (Wildman–Crippen MR) is 119 cm³/mol. The lowest BCUT2D eigenvalue weighted by Gasteiger charge is -2.09. The Morgan fingerprint density at radius 1 is 0.848 bits per heavy atom. The lowest BCUT2D eigenvalue weighted by atomic mass is 10.1. The summed E-state index contributed by atoms with van der Waals surface area (Å²) in [5.41, 5.74) is 1.41. The van der Waals surface area contributed by atoms with Crippen molar-refractivity contribution in [2.75, 3.05) is 13.2 Å². The Labute approximate surface area is 190 Å². The topological polar surface area (TPSA) is 61.8 Å². The third-order valence-corrected chi connectivity index (χ3v) is 4.62. The van der Waals surface area contributed by atoms with E-state index in [-0.39, 0.29) is 17.1 Å². The van der Waals surface area contributed by atoms with E-state index in [4.69, 9.17) is 14.2 Å². The highest BCUT2D eigenvalue weighted by atomic mass is 19.1. The largest absolute Gasteiger partial charge is 0.494 e. The monoisotopic (exact) mass is 452 g/mol. The fourth-order valence-electron chi connectivity index (χ4n) is 2.88. The minimum absolute atomic E-state index is 0.205. The van der Waals surface area contributed by atoms with Gasteiger partial charge in [0, 0.05) is 6.08 Å². The lowest BCUT2D eigenvalue weighted by molar-refractivity contribution is -0.137. The molecule has 33 heavy (non-hydrogen) atoms. The van der Waals surface area contributed by atoms with Crippen molar-refractivity contribution in [3.8, 4) is 22.6 Å². The third-order valence-electron chi connectivity index (χ3n) is 4.62. The van der Waals surface area contributed by atoms with Gasteiger partial charge in [0.2, 0.25) is 0 Å². The number of halogens is 2. The molecule has 0 radical (unpaired) electrons. The summed E-state index contributed by atoms with van der Waals surface area (Å²) >= 11 is 0. The number of hydrogen-bond donors (Lipinski definition) is 0. The average Bonchev–Trinajstić information content (AvgIpc) is 2.83. The molecule has 170 valence electrons. The highest BCUT2D eigenvalue weighted by molar-refractivity contribution is 5.91. The molecule has 0 spiro atoms. The van der Waals surface area contributed by atoms with Crippen LogP contribution in [0.25, 0.3) is 11.1 Å². The standard InChI is InChI=1S/C26H22F2O5/c1-2-25(29)32-16-4-3-15-31-22-12-7-19(8-13-22)26(30)33-24-14-9-20(17-23(24)28)18-5-10-21(27)11-6-18/h2,5-14,17H,1,3-4,15-16H2. The second-order valence-corrected chi connectivity index (χ2v) is 6.99. The lowest BCUT2D eigenvalue weighted by Crippen LogP contribution is -2.09. The molecule has 0 aliphatic heterocycles. The zero-order valence-corrected chi connectivity index (χ0v) is 17.8. The van der Waals surface area contributed by atoms with Gasteiger partial charge in [-0.2, -0.15) is 0 Å². The van der Waals surface area contributed by atoms with E-state index in [0.29, 0.717) is 42.9 Å². The fraction of sp³-hybridized carbons (Fsp3) is 0.154. The van der Waals surface area contributed by atoms with E-state index in [1.165, 1.54) is 48.5 Å². The molecule has 3 aromatic carbocycles. The number of carbonyl (C=O) groups excluding carboxylic acids is 2. The van der Waals surface area contributed by atoms with Crippen LogP contribution in [-0.4, -0.2) is 25.2 Å². The number of unbranched alkanes of at least 4 members (excludes halogenated alkanes) is 1. The number of rotatable bonds is 10. The summed E-state index contributed by atoms with van der Waals surface area (Å²) in [7, 11) is 0. The maximum atomic E-state index is 14.4. The smallest absolute Gasteiger partial charge is 0.343 e. The SMILES string of the molecule is C=CC(=O)OCCCCOc1ccc(C(=O)Oc2ccc(-c3ccc(F)cc3)cc2F)cc1. The molecule has 0 aromatic heterocycles. The van der Waals surface area contributed by atoms with Crippen LogP contribution in [0.1, 0.15) is 23.2 Å². The Morgan fingerprint density at radius 2 is 1.52 bits per heavy atom. The molecule has 0 unspecified atom stereocenters. The van der Waals surface area contributed by atoms with Crippen LogP contribution in [0.4, 0.5) is 8.78 Å². The van der Waals surface area contributed by atoms with Gasteiger partial charge >= 0.3 is 11.9 Å². The summed E-state index contributed by atoms with van der Waals surface area (Å²) in [5, 5.41) is 0.